The zero-order valence-electron chi connectivity index (χ0n) is 13.1. The van der Waals surface area contributed by atoms with Crippen LogP contribution in [-0.2, 0) is 11.2 Å². The van der Waals surface area contributed by atoms with Crippen LogP contribution in [-0.4, -0.2) is 41.7 Å². The number of methoxy groups -OCH3 is 1. The van der Waals surface area contributed by atoms with E-state index in [0.717, 1.165) is 37.2 Å². The van der Waals surface area contributed by atoms with E-state index in [-0.39, 0.29) is 0 Å². The van der Waals surface area contributed by atoms with Gasteiger partial charge in [-0.1, -0.05) is 25.1 Å². The Hall–Kier alpha value is -1.55. The van der Waals surface area contributed by atoms with Crippen LogP contribution in [0.2, 0.25) is 0 Å². The quantitative estimate of drug-likeness (QED) is 0.906. The molecule has 0 spiro atoms. The minimum absolute atomic E-state index is 0.459. The lowest BCUT2D eigenvalue weighted by Crippen LogP contribution is -2.56. The Balaban J connectivity index is 2.24. The first-order chi connectivity index (χ1) is 9.97. The van der Waals surface area contributed by atoms with Crippen LogP contribution in [0.5, 0.6) is 5.75 Å². The lowest BCUT2D eigenvalue weighted by molar-refractivity contribution is -0.151. The number of ether oxygens (including phenoxy) is 1. The molecule has 1 aromatic carbocycles. The number of hydrogen-bond acceptors (Lipinski definition) is 3. The van der Waals surface area contributed by atoms with E-state index >= 15 is 0 Å². The second-order valence-corrected chi connectivity index (χ2v) is 6.24. The molecule has 116 valence electrons. The molecule has 1 heterocycles. The van der Waals surface area contributed by atoms with Crippen molar-refractivity contribution in [2.75, 3.05) is 20.2 Å². The molecule has 1 fully saturated rings. The van der Waals surface area contributed by atoms with Crippen molar-refractivity contribution in [1.82, 2.24) is 4.90 Å². The molecule has 4 heteroatoms. The normalized spacial score (nSPS) is 20.0. The monoisotopic (exact) mass is 291 g/mol. The molecule has 1 aliphatic heterocycles. The van der Waals surface area contributed by atoms with Gasteiger partial charge in [0.1, 0.15) is 11.3 Å². The third-order valence-electron chi connectivity index (χ3n) is 4.67. The molecule has 0 radical (unpaired) electrons. The summed E-state index contributed by atoms with van der Waals surface area (Å²) in [6, 6.07) is 7.67. The van der Waals surface area contributed by atoms with Crippen LogP contribution in [0, 0.1) is 5.92 Å². The van der Waals surface area contributed by atoms with Crippen molar-refractivity contribution in [2.24, 2.45) is 5.92 Å². The van der Waals surface area contributed by atoms with Gasteiger partial charge in [-0.25, -0.2) is 0 Å². The number of para-hydroxylation sites is 1. The highest BCUT2D eigenvalue weighted by atomic mass is 16.5. The molecule has 1 aliphatic rings. The smallest absolute Gasteiger partial charge is 0.324 e. The summed E-state index contributed by atoms with van der Waals surface area (Å²) in [7, 11) is 1.62. The first-order valence-corrected chi connectivity index (χ1v) is 7.57. The van der Waals surface area contributed by atoms with E-state index in [1.807, 2.05) is 31.2 Å². The summed E-state index contributed by atoms with van der Waals surface area (Å²) in [6.07, 6.45) is 2.59. The minimum Gasteiger partial charge on any atom is -0.496 e. The van der Waals surface area contributed by atoms with Crippen LogP contribution in [0.15, 0.2) is 24.3 Å². The molecule has 4 nitrogen and oxygen atoms in total. The first kappa shape index (κ1) is 15.8. The number of aliphatic carboxylic acids is 1. The summed E-state index contributed by atoms with van der Waals surface area (Å²) < 4.78 is 5.36. The number of rotatable bonds is 5. The number of carboxylic acids is 1. The third kappa shape index (κ3) is 3.38. The highest BCUT2D eigenvalue weighted by molar-refractivity contribution is 5.79. The van der Waals surface area contributed by atoms with E-state index in [4.69, 9.17) is 4.74 Å². The fourth-order valence-corrected chi connectivity index (χ4v) is 3.04. The maximum atomic E-state index is 11.9. The predicted molar refractivity (Wildman–Crippen MR) is 82.7 cm³/mol. The Morgan fingerprint density at radius 1 is 1.38 bits per heavy atom. The number of likely N-dealkylation sites (tertiary alicyclic amines) is 1. The molecule has 21 heavy (non-hydrogen) atoms. The SMILES string of the molecule is COc1ccccc1CC(C)(C(=O)O)N1CCC(C)CC1. The minimum atomic E-state index is -0.880. The number of benzene rings is 1. The van der Waals surface area contributed by atoms with Gasteiger partial charge < -0.3 is 9.84 Å². The molecular formula is C17H25NO3. The standard InChI is InChI=1S/C17H25NO3/c1-13-8-10-18(11-9-13)17(2,16(19)20)12-14-6-4-5-7-15(14)21-3/h4-7,13H,8-12H2,1-3H3,(H,19,20). The maximum absolute atomic E-state index is 11.9. The Morgan fingerprint density at radius 3 is 2.57 bits per heavy atom. The zero-order valence-corrected chi connectivity index (χ0v) is 13.1. The van der Waals surface area contributed by atoms with Gasteiger partial charge >= 0.3 is 5.97 Å². The average Bonchev–Trinajstić information content (AvgIpc) is 2.48. The molecule has 1 aromatic rings. The average molecular weight is 291 g/mol. The van der Waals surface area contributed by atoms with E-state index in [9.17, 15) is 9.90 Å². The van der Waals surface area contributed by atoms with E-state index < -0.39 is 11.5 Å². The molecule has 0 amide bonds. The predicted octanol–water partition coefficient (Wildman–Crippen LogP) is 2.81. The maximum Gasteiger partial charge on any atom is 0.324 e. The molecule has 1 unspecified atom stereocenters. The zero-order chi connectivity index (χ0) is 15.5. The summed E-state index contributed by atoms with van der Waals surface area (Å²) in [5.41, 5.74) is 0.0675. The number of piperidine rings is 1. The highest BCUT2D eigenvalue weighted by Crippen LogP contribution is 2.30. The summed E-state index contributed by atoms with van der Waals surface area (Å²) in [4.78, 5) is 14.0. The molecule has 0 saturated carbocycles. The highest BCUT2D eigenvalue weighted by Gasteiger charge is 2.41. The van der Waals surface area contributed by atoms with E-state index in [1.165, 1.54) is 0 Å². The van der Waals surface area contributed by atoms with Crippen molar-refractivity contribution >= 4 is 5.97 Å². The van der Waals surface area contributed by atoms with Crippen LogP contribution in [0.4, 0.5) is 0 Å². The van der Waals surface area contributed by atoms with E-state index in [2.05, 4.69) is 11.8 Å². The fourth-order valence-electron chi connectivity index (χ4n) is 3.04. The van der Waals surface area contributed by atoms with Crippen molar-refractivity contribution in [3.63, 3.8) is 0 Å². The Morgan fingerprint density at radius 2 is 2.00 bits per heavy atom. The van der Waals surface area contributed by atoms with Crippen LogP contribution in [0.3, 0.4) is 0 Å². The second kappa shape index (κ2) is 6.48. The van der Waals surface area contributed by atoms with Gasteiger partial charge in [0.05, 0.1) is 7.11 Å². The molecule has 0 aromatic heterocycles. The van der Waals surface area contributed by atoms with Gasteiger partial charge in [0.2, 0.25) is 0 Å². The lowest BCUT2D eigenvalue weighted by atomic mass is 9.87. The molecule has 0 bridgehead atoms. The van der Waals surface area contributed by atoms with Gasteiger partial charge in [-0.05, 0) is 50.4 Å². The summed E-state index contributed by atoms with van der Waals surface area (Å²) in [5, 5.41) is 9.79. The number of carboxylic acid groups (broad SMARTS) is 1. The van der Waals surface area contributed by atoms with Gasteiger partial charge in [0.25, 0.3) is 0 Å². The van der Waals surface area contributed by atoms with Gasteiger partial charge in [-0.15, -0.1) is 0 Å². The van der Waals surface area contributed by atoms with Gasteiger partial charge in [0, 0.05) is 6.42 Å². The Labute approximate surface area is 126 Å². The molecule has 1 saturated heterocycles. The van der Waals surface area contributed by atoms with E-state index in [1.54, 1.807) is 7.11 Å². The van der Waals surface area contributed by atoms with Crippen LogP contribution < -0.4 is 4.74 Å². The van der Waals surface area contributed by atoms with Crippen molar-refractivity contribution in [1.29, 1.82) is 0 Å². The Bertz CT molecular complexity index is 495. The van der Waals surface area contributed by atoms with Gasteiger partial charge in [0.15, 0.2) is 0 Å². The second-order valence-electron chi connectivity index (χ2n) is 6.24. The summed E-state index contributed by atoms with van der Waals surface area (Å²) in [5.74, 6) is 0.684. The molecule has 0 aliphatic carbocycles. The van der Waals surface area contributed by atoms with Crippen molar-refractivity contribution in [3.05, 3.63) is 29.8 Å². The first-order valence-electron chi connectivity index (χ1n) is 7.57. The molecule has 1 N–H and O–H groups in total. The van der Waals surface area contributed by atoms with E-state index in [0.29, 0.717) is 12.3 Å². The van der Waals surface area contributed by atoms with Gasteiger partial charge in [-0.3, -0.25) is 9.69 Å². The van der Waals surface area contributed by atoms with Gasteiger partial charge in [-0.2, -0.15) is 0 Å². The third-order valence-corrected chi connectivity index (χ3v) is 4.67. The largest absolute Gasteiger partial charge is 0.496 e. The van der Waals surface area contributed by atoms with Crippen molar-refractivity contribution < 1.29 is 14.6 Å². The lowest BCUT2D eigenvalue weighted by Gasteiger charge is -2.42. The number of carbonyl (C=O) groups is 1. The topological polar surface area (TPSA) is 49.8 Å². The summed E-state index contributed by atoms with van der Waals surface area (Å²) in [6.45, 7) is 5.76. The van der Waals surface area contributed by atoms with Crippen LogP contribution in [0.1, 0.15) is 32.3 Å². The number of nitrogens with zero attached hydrogens (tertiary/aromatic N) is 1. The molecule has 1 atom stereocenters. The van der Waals surface area contributed by atoms with Crippen molar-refractivity contribution in [3.8, 4) is 5.75 Å². The van der Waals surface area contributed by atoms with Crippen LogP contribution >= 0.6 is 0 Å². The molecular weight excluding hydrogens is 266 g/mol. The van der Waals surface area contributed by atoms with Crippen LogP contribution in [0.25, 0.3) is 0 Å². The van der Waals surface area contributed by atoms with Crippen molar-refractivity contribution in [2.45, 2.75) is 38.6 Å². The number of hydrogen-bond donors (Lipinski definition) is 1. The molecule has 2 rings (SSSR count). The Kier molecular flexibility index (Phi) is 4.88. The summed E-state index contributed by atoms with van der Waals surface area (Å²) >= 11 is 0. The fraction of sp³-hybridized carbons (Fsp3) is 0.588.